The summed E-state index contributed by atoms with van der Waals surface area (Å²) < 4.78 is 3.41. The molecule has 1 N–H and O–H groups in total. The van der Waals surface area contributed by atoms with E-state index < -0.39 is 0 Å². The van der Waals surface area contributed by atoms with E-state index in [1.54, 1.807) is 16.9 Å². The lowest BCUT2D eigenvalue weighted by Gasteiger charge is -2.03. The van der Waals surface area contributed by atoms with Gasteiger partial charge >= 0.3 is 0 Å². The van der Waals surface area contributed by atoms with Crippen molar-refractivity contribution in [1.82, 2.24) is 29.7 Å². The zero-order chi connectivity index (χ0) is 16.5. The molecule has 0 spiro atoms. The van der Waals surface area contributed by atoms with Crippen molar-refractivity contribution < 1.29 is 4.79 Å². The Balaban J connectivity index is 1.44. The van der Waals surface area contributed by atoms with Crippen molar-refractivity contribution in [2.45, 2.75) is 13.1 Å². The normalized spacial score (nSPS) is 11.2. The third kappa shape index (κ3) is 2.81. The Hall–Kier alpha value is -2.93. The first-order chi connectivity index (χ1) is 11.7. The fourth-order valence-electron chi connectivity index (χ4n) is 2.52. The van der Waals surface area contributed by atoms with Crippen LogP contribution in [0.15, 0.2) is 48.8 Å². The minimum Gasteiger partial charge on any atom is -0.349 e. The highest BCUT2D eigenvalue weighted by atomic mass is 35.5. The second kappa shape index (κ2) is 5.93. The van der Waals surface area contributed by atoms with Crippen molar-refractivity contribution in [3.05, 3.63) is 59.5 Å². The van der Waals surface area contributed by atoms with Crippen LogP contribution >= 0.6 is 11.6 Å². The van der Waals surface area contributed by atoms with Gasteiger partial charge in [0.1, 0.15) is 17.7 Å². The molecule has 4 rings (SSSR count). The number of aromatic nitrogens is 5. The third-order valence-electron chi connectivity index (χ3n) is 3.65. The SMILES string of the molecule is O=C(Cn1nnc2ccccc21)NCc1cn2cc(Cl)ccc2n1. The number of carbonyl (C=O) groups excluding carboxylic acids is 1. The van der Waals surface area contributed by atoms with Crippen LogP contribution in [0.1, 0.15) is 5.69 Å². The topological polar surface area (TPSA) is 77.1 Å². The summed E-state index contributed by atoms with van der Waals surface area (Å²) in [7, 11) is 0. The van der Waals surface area contributed by atoms with Gasteiger partial charge in [-0.15, -0.1) is 5.10 Å². The molecular weight excluding hydrogens is 328 g/mol. The average molecular weight is 341 g/mol. The maximum atomic E-state index is 12.1. The maximum Gasteiger partial charge on any atom is 0.242 e. The van der Waals surface area contributed by atoms with Gasteiger partial charge in [0.05, 0.1) is 22.8 Å². The molecule has 0 aliphatic rings. The molecule has 120 valence electrons. The molecule has 0 aliphatic heterocycles. The molecule has 4 aromatic rings. The van der Waals surface area contributed by atoms with Gasteiger partial charge in [-0.2, -0.15) is 0 Å². The van der Waals surface area contributed by atoms with Crippen LogP contribution in [-0.2, 0) is 17.9 Å². The van der Waals surface area contributed by atoms with E-state index in [1.165, 1.54) is 0 Å². The summed E-state index contributed by atoms with van der Waals surface area (Å²) in [5.74, 6) is -0.152. The second-order valence-electron chi connectivity index (χ2n) is 5.36. The van der Waals surface area contributed by atoms with Crippen molar-refractivity contribution in [3.8, 4) is 0 Å². The van der Waals surface area contributed by atoms with Gasteiger partial charge in [-0.3, -0.25) is 4.79 Å². The minimum atomic E-state index is -0.152. The highest BCUT2D eigenvalue weighted by Gasteiger charge is 2.09. The van der Waals surface area contributed by atoms with E-state index in [9.17, 15) is 4.79 Å². The number of hydrogen-bond acceptors (Lipinski definition) is 4. The summed E-state index contributed by atoms with van der Waals surface area (Å²) in [6, 6.07) is 11.1. The van der Waals surface area contributed by atoms with Gasteiger partial charge in [0.15, 0.2) is 0 Å². The van der Waals surface area contributed by atoms with E-state index in [-0.39, 0.29) is 12.5 Å². The molecule has 8 heteroatoms. The summed E-state index contributed by atoms with van der Waals surface area (Å²) in [6.07, 6.45) is 3.61. The second-order valence-corrected chi connectivity index (χ2v) is 5.79. The minimum absolute atomic E-state index is 0.111. The van der Waals surface area contributed by atoms with Crippen LogP contribution in [-0.4, -0.2) is 30.3 Å². The molecule has 0 saturated heterocycles. The number of nitrogens with zero attached hydrogens (tertiary/aromatic N) is 5. The largest absolute Gasteiger partial charge is 0.349 e. The Morgan fingerprint density at radius 2 is 2.04 bits per heavy atom. The zero-order valence-corrected chi connectivity index (χ0v) is 13.3. The van der Waals surface area contributed by atoms with Gasteiger partial charge in [0, 0.05) is 12.4 Å². The fraction of sp³-hybridized carbons (Fsp3) is 0.125. The smallest absolute Gasteiger partial charge is 0.242 e. The van der Waals surface area contributed by atoms with Crippen molar-refractivity contribution in [2.24, 2.45) is 0 Å². The van der Waals surface area contributed by atoms with Crippen molar-refractivity contribution in [1.29, 1.82) is 0 Å². The van der Waals surface area contributed by atoms with Crippen LogP contribution in [0.3, 0.4) is 0 Å². The van der Waals surface area contributed by atoms with Gasteiger partial charge < -0.3 is 9.72 Å². The number of imidazole rings is 1. The highest BCUT2D eigenvalue weighted by molar-refractivity contribution is 6.30. The van der Waals surface area contributed by atoms with E-state index in [0.29, 0.717) is 11.6 Å². The van der Waals surface area contributed by atoms with Crippen LogP contribution in [0.25, 0.3) is 16.7 Å². The maximum absolute atomic E-state index is 12.1. The summed E-state index contributed by atoms with van der Waals surface area (Å²) in [4.78, 5) is 16.6. The first kappa shape index (κ1) is 14.6. The van der Waals surface area contributed by atoms with Gasteiger partial charge in [0.2, 0.25) is 5.91 Å². The quantitative estimate of drug-likeness (QED) is 0.617. The van der Waals surface area contributed by atoms with Gasteiger partial charge in [-0.05, 0) is 24.3 Å². The molecule has 1 amide bonds. The summed E-state index contributed by atoms with van der Waals surface area (Å²) in [5.41, 5.74) is 3.14. The molecular formula is C16H13ClN6O. The van der Waals surface area contributed by atoms with Crippen LogP contribution < -0.4 is 5.32 Å². The zero-order valence-electron chi connectivity index (χ0n) is 12.6. The Labute approximate surface area is 141 Å². The number of para-hydroxylation sites is 1. The number of pyridine rings is 1. The molecule has 0 saturated carbocycles. The van der Waals surface area contributed by atoms with E-state index in [2.05, 4.69) is 20.6 Å². The van der Waals surface area contributed by atoms with Crippen LogP contribution in [0.4, 0.5) is 0 Å². The Bertz CT molecular complexity index is 1040. The number of nitrogens with one attached hydrogen (secondary N) is 1. The predicted molar refractivity (Wildman–Crippen MR) is 89.6 cm³/mol. The van der Waals surface area contributed by atoms with Gasteiger partial charge in [-0.1, -0.05) is 28.9 Å². The molecule has 0 radical (unpaired) electrons. The molecule has 3 heterocycles. The Morgan fingerprint density at radius 3 is 2.96 bits per heavy atom. The number of carbonyl (C=O) groups is 1. The van der Waals surface area contributed by atoms with E-state index in [1.807, 2.05) is 40.9 Å². The van der Waals surface area contributed by atoms with Crippen LogP contribution in [0, 0.1) is 0 Å². The van der Waals surface area contributed by atoms with Gasteiger partial charge in [0.25, 0.3) is 0 Å². The Kier molecular flexibility index (Phi) is 3.62. The third-order valence-corrected chi connectivity index (χ3v) is 3.87. The van der Waals surface area contributed by atoms with E-state index in [4.69, 9.17) is 11.6 Å². The molecule has 0 bridgehead atoms. The molecule has 0 aliphatic carbocycles. The monoisotopic (exact) mass is 340 g/mol. The van der Waals surface area contributed by atoms with Crippen molar-refractivity contribution in [3.63, 3.8) is 0 Å². The average Bonchev–Trinajstić information content (AvgIpc) is 3.17. The summed E-state index contributed by atoms with van der Waals surface area (Å²) >= 11 is 5.95. The molecule has 24 heavy (non-hydrogen) atoms. The lowest BCUT2D eigenvalue weighted by Crippen LogP contribution is -2.27. The number of fused-ring (bicyclic) bond motifs is 2. The standard InChI is InChI=1S/C16H13ClN6O/c17-11-5-6-15-19-12(9-22(15)8-11)7-18-16(24)10-23-14-4-2-1-3-13(14)20-21-23/h1-6,8-9H,7,10H2,(H,18,24). The molecule has 0 fully saturated rings. The molecule has 7 nitrogen and oxygen atoms in total. The highest BCUT2D eigenvalue weighted by Crippen LogP contribution is 2.12. The first-order valence-corrected chi connectivity index (χ1v) is 7.75. The number of halogens is 1. The molecule has 3 aromatic heterocycles. The molecule has 0 atom stereocenters. The number of amides is 1. The predicted octanol–water partition coefficient (Wildman–Crippen LogP) is 2.05. The van der Waals surface area contributed by atoms with Crippen molar-refractivity contribution in [2.75, 3.05) is 0 Å². The summed E-state index contributed by atoms with van der Waals surface area (Å²) in [6.45, 7) is 0.449. The van der Waals surface area contributed by atoms with Crippen LogP contribution in [0.5, 0.6) is 0 Å². The Morgan fingerprint density at radius 1 is 1.17 bits per heavy atom. The lowest BCUT2D eigenvalue weighted by molar-refractivity contribution is -0.122. The number of hydrogen-bond donors (Lipinski definition) is 1. The number of benzene rings is 1. The first-order valence-electron chi connectivity index (χ1n) is 7.37. The molecule has 0 unspecified atom stereocenters. The summed E-state index contributed by atoms with van der Waals surface area (Å²) in [5, 5.41) is 11.5. The van der Waals surface area contributed by atoms with E-state index >= 15 is 0 Å². The van der Waals surface area contributed by atoms with Crippen LogP contribution in [0.2, 0.25) is 5.02 Å². The lowest BCUT2D eigenvalue weighted by atomic mass is 10.3. The van der Waals surface area contributed by atoms with Crippen molar-refractivity contribution >= 4 is 34.2 Å². The van der Waals surface area contributed by atoms with E-state index in [0.717, 1.165) is 22.4 Å². The molecule has 1 aromatic carbocycles. The fourth-order valence-corrected chi connectivity index (χ4v) is 2.69. The number of rotatable bonds is 4. The van der Waals surface area contributed by atoms with Gasteiger partial charge in [-0.25, -0.2) is 9.67 Å².